The Labute approximate surface area is 175 Å². The molecular weight excluding hydrogens is 392 g/mol. The van der Waals surface area contributed by atoms with E-state index in [1.54, 1.807) is 0 Å². The van der Waals surface area contributed by atoms with Crippen LogP contribution in [0.5, 0.6) is 0 Å². The second-order valence-corrected chi connectivity index (χ2v) is 7.55. The van der Waals surface area contributed by atoms with Crippen LogP contribution in [0.15, 0.2) is 24.3 Å². The van der Waals surface area contributed by atoms with Gasteiger partial charge in [0.1, 0.15) is 5.54 Å². The molecule has 2 rings (SSSR count). The van der Waals surface area contributed by atoms with Gasteiger partial charge in [-0.2, -0.15) is 0 Å². The SMILES string of the molecule is CO[C@@](C=O)(NC(=O)C1(Cc2ccc(C)cc2)CCCN1C(=O)O)[C@@H](C)OC(C)=O. The number of esters is 1. The maximum absolute atomic E-state index is 13.5. The lowest BCUT2D eigenvalue weighted by molar-refractivity contribution is -0.177. The minimum Gasteiger partial charge on any atom is -0.465 e. The molecule has 0 bridgehead atoms. The summed E-state index contributed by atoms with van der Waals surface area (Å²) in [5.41, 5.74) is -1.56. The third kappa shape index (κ3) is 4.62. The molecule has 2 amide bonds. The first-order valence-corrected chi connectivity index (χ1v) is 9.67. The zero-order valence-electron chi connectivity index (χ0n) is 17.6. The number of nitrogens with one attached hydrogen (secondary N) is 1. The first kappa shape index (κ1) is 23.3. The van der Waals surface area contributed by atoms with Crippen molar-refractivity contribution in [1.29, 1.82) is 0 Å². The van der Waals surface area contributed by atoms with Crippen LogP contribution in [0, 0.1) is 6.92 Å². The molecule has 0 spiro atoms. The van der Waals surface area contributed by atoms with E-state index >= 15 is 0 Å². The van der Waals surface area contributed by atoms with Gasteiger partial charge >= 0.3 is 12.1 Å². The highest BCUT2D eigenvalue weighted by atomic mass is 16.6. The van der Waals surface area contributed by atoms with Crippen LogP contribution in [0.4, 0.5) is 4.79 Å². The molecule has 1 unspecified atom stereocenters. The van der Waals surface area contributed by atoms with E-state index in [2.05, 4.69) is 5.32 Å². The molecule has 1 aromatic carbocycles. The smallest absolute Gasteiger partial charge is 0.408 e. The van der Waals surface area contributed by atoms with Crippen molar-refractivity contribution < 1.29 is 33.8 Å². The quantitative estimate of drug-likeness (QED) is 0.372. The largest absolute Gasteiger partial charge is 0.465 e. The molecule has 1 fully saturated rings. The molecule has 9 nitrogen and oxygen atoms in total. The monoisotopic (exact) mass is 420 g/mol. The van der Waals surface area contributed by atoms with Crippen molar-refractivity contribution in [3.63, 3.8) is 0 Å². The number of nitrogens with zero attached hydrogens (tertiary/aromatic N) is 1. The van der Waals surface area contributed by atoms with Gasteiger partial charge < -0.3 is 19.9 Å². The average Bonchev–Trinajstić information content (AvgIpc) is 3.12. The highest BCUT2D eigenvalue weighted by Gasteiger charge is 2.53. The number of hydrogen-bond acceptors (Lipinski definition) is 6. The van der Waals surface area contributed by atoms with Crippen LogP contribution in [-0.2, 0) is 30.3 Å². The van der Waals surface area contributed by atoms with E-state index in [9.17, 15) is 24.3 Å². The number of carbonyl (C=O) groups excluding carboxylic acids is 3. The van der Waals surface area contributed by atoms with Crippen molar-refractivity contribution in [3.05, 3.63) is 35.4 Å². The van der Waals surface area contributed by atoms with Crippen LogP contribution in [0.25, 0.3) is 0 Å². The molecular formula is C21H28N2O7. The van der Waals surface area contributed by atoms with Crippen LogP contribution < -0.4 is 5.32 Å². The number of methoxy groups -OCH3 is 1. The zero-order chi connectivity index (χ0) is 22.5. The molecule has 0 radical (unpaired) electrons. The number of carboxylic acid groups (broad SMARTS) is 1. The van der Waals surface area contributed by atoms with E-state index in [1.807, 2.05) is 31.2 Å². The van der Waals surface area contributed by atoms with E-state index in [0.29, 0.717) is 12.7 Å². The predicted molar refractivity (Wildman–Crippen MR) is 107 cm³/mol. The Morgan fingerprint density at radius 1 is 1.33 bits per heavy atom. The Morgan fingerprint density at radius 3 is 2.47 bits per heavy atom. The van der Waals surface area contributed by atoms with Gasteiger partial charge in [-0.3, -0.25) is 19.3 Å². The summed E-state index contributed by atoms with van der Waals surface area (Å²) in [5.74, 6) is -1.33. The summed E-state index contributed by atoms with van der Waals surface area (Å²) in [6.07, 6.45) is -1.11. The Kier molecular flexibility index (Phi) is 7.20. The van der Waals surface area contributed by atoms with Crippen molar-refractivity contribution in [2.45, 2.75) is 57.4 Å². The highest BCUT2D eigenvalue weighted by molar-refractivity contribution is 5.93. The van der Waals surface area contributed by atoms with Crippen LogP contribution in [0.2, 0.25) is 0 Å². The standard InChI is InChI=1S/C21H28N2O7/c1-14-6-8-17(9-7-14)12-20(10-5-11-23(20)19(27)28)18(26)22-21(13-24,29-4)15(2)30-16(3)25/h6-9,13,15H,5,10-12H2,1-4H3,(H,22,26)(H,27,28)/t15-,20?,21-/m1/s1. The lowest BCUT2D eigenvalue weighted by Crippen LogP contribution is -2.67. The summed E-state index contributed by atoms with van der Waals surface area (Å²) < 4.78 is 10.3. The number of benzene rings is 1. The summed E-state index contributed by atoms with van der Waals surface area (Å²) in [4.78, 5) is 49.7. The molecule has 1 aromatic rings. The first-order chi connectivity index (χ1) is 14.1. The van der Waals surface area contributed by atoms with Gasteiger partial charge in [0.15, 0.2) is 12.4 Å². The molecule has 30 heavy (non-hydrogen) atoms. The molecule has 3 atom stereocenters. The number of amides is 2. The Balaban J connectivity index is 2.43. The fraction of sp³-hybridized carbons (Fsp3) is 0.524. The van der Waals surface area contributed by atoms with E-state index in [4.69, 9.17) is 9.47 Å². The Morgan fingerprint density at radius 2 is 1.97 bits per heavy atom. The van der Waals surface area contributed by atoms with Crippen molar-refractivity contribution in [1.82, 2.24) is 10.2 Å². The fourth-order valence-corrected chi connectivity index (χ4v) is 3.82. The fourth-order valence-electron chi connectivity index (χ4n) is 3.82. The van der Waals surface area contributed by atoms with E-state index in [1.165, 1.54) is 21.0 Å². The topological polar surface area (TPSA) is 122 Å². The first-order valence-electron chi connectivity index (χ1n) is 9.67. The maximum atomic E-state index is 13.5. The molecule has 0 aromatic heterocycles. The van der Waals surface area contributed by atoms with E-state index in [0.717, 1.165) is 16.0 Å². The summed E-state index contributed by atoms with van der Waals surface area (Å²) in [6, 6.07) is 7.45. The number of likely N-dealkylation sites (tertiary alicyclic amines) is 1. The summed E-state index contributed by atoms with van der Waals surface area (Å²) in [7, 11) is 1.20. The highest BCUT2D eigenvalue weighted by Crippen LogP contribution is 2.34. The molecule has 0 saturated carbocycles. The van der Waals surface area contributed by atoms with Gasteiger partial charge in [0, 0.05) is 27.0 Å². The number of ether oxygens (including phenoxy) is 2. The lowest BCUT2D eigenvalue weighted by atomic mass is 9.86. The summed E-state index contributed by atoms with van der Waals surface area (Å²) in [6.45, 7) is 4.70. The third-order valence-electron chi connectivity index (χ3n) is 5.53. The van der Waals surface area contributed by atoms with Gasteiger partial charge in [-0.1, -0.05) is 29.8 Å². The Bertz CT molecular complexity index is 810. The number of carbonyl (C=O) groups is 4. The molecule has 1 saturated heterocycles. The zero-order valence-corrected chi connectivity index (χ0v) is 17.6. The maximum Gasteiger partial charge on any atom is 0.408 e. The van der Waals surface area contributed by atoms with Crippen LogP contribution in [0.3, 0.4) is 0 Å². The Hall–Kier alpha value is -2.94. The second-order valence-electron chi connectivity index (χ2n) is 7.55. The normalized spacial score (nSPS) is 21.4. The number of aryl methyl sites for hydroxylation is 1. The second kappa shape index (κ2) is 9.25. The van der Waals surface area contributed by atoms with E-state index in [-0.39, 0.29) is 19.4 Å². The van der Waals surface area contributed by atoms with Gasteiger partial charge in [0.25, 0.3) is 0 Å². The molecule has 164 valence electrons. The number of aldehydes is 1. The van der Waals surface area contributed by atoms with Crippen LogP contribution in [-0.4, -0.2) is 65.3 Å². The minimum absolute atomic E-state index is 0.131. The molecule has 1 heterocycles. The van der Waals surface area contributed by atoms with Gasteiger partial charge in [0.05, 0.1) is 0 Å². The molecule has 2 N–H and O–H groups in total. The van der Waals surface area contributed by atoms with Crippen molar-refractivity contribution >= 4 is 24.3 Å². The van der Waals surface area contributed by atoms with Gasteiger partial charge in [0.2, 0.25) is 11.6 Å². The molecule has 1 aliphatic rings. The van der Waals surface area contributed by atoms with Crippen molar-refractivity contribution in [2.24, 2.45) is 0 Å². The van der Waals surface area contributed by atoms with Crippen molar-refractivity contribution in [3.8, 4) is 0 Å². The predicted octanol–water partition coefficient (Wildman–Crippen LogP) is 1.66. The van der Waals surface area contributed by atoms with Crippen LogP contribution in [0.1, 0.15) is 37.8 Å². The van der Waals surface area contributed by atoms with E-state index < -0.39 is 35.3 Å². The van der Waals surface area contributed by atoms with Crippen molar-refractivity contribution in [2.75, 3.05) is 13.7 Å². The van der Waals surface area contributed by atoms with Gasteiger partial charge in [-0.05, 0) is 32.3 Å². The lowest BCUT2D eigenvalue weighted by Gasteiger charge is -2.40. The molecule has 1 aliphatic heterocycles. The minimum atomic E-state index is -1.95. The summed E-state index contributed by atoms with van der Waals surface area (Å²) in [5, 5.41) is 12.3. The summed E-state index contributed by atoms with van der Waals surface area (Å²) >= 11 is 0. The van der Waals surface area contributed by atoms with Gasteiger partial charge in [-0.15, -0.1) is 0 Å². The van der Waals surface area contributed by atoms with Crippen LogP contribution >= 0.6 is 0 Å². The molecule has 0 aliphatic carbocycles. The number of hydrogen-bond donors (Lipinski definition) is 2. The average molecular weight is 420 g/mol. The number of rotatable bonds is 8. The third-order valence-corrected chi connectivity index (χ3v) is 5.53. The van der Waals surface area contributed by atoms with Gasteiger partial charge in [-0.25, -0.2) is 4.79 Å². The molecule has 9 heteroatoms.